The zero-order chi connectivity index (χ0) is 21.0. The number of aliphatic hydroxyl groups is 2. The molecule has 0 bridgehead atoms. The minimum Gasteiger partial charge on any atom is -0.395 e. The summed E-state index contributed by atoms with van der Waals surface area (Å²) in [4.78, 5) is 14.2. The number of nitrogens with zero attached hydrogens (tertiary/aromatic N) is 3. The molecule has 0 spiro atoms. The first-order chi connectivity index (χ1) is 14.8. The van der Waals surface area contributed by atoms with Gasteiger partial charge in [-0.2, -0.15) is 0 Å². The Morgan fingerprint density at radius 2 is 1.63 bits per heavy atom. The molecule has 2 saturated carbocycles. The molecule has 2 aliphatic rings. The molecule has 0 unspecified atom stereocenters. The summed E-state index contributed by atoms with van der Waals surface area (Å²) in [6, 6.07) is 3.20. The third kappa shape index (κ3) is 6.65. The maximum Gasteiger partial charge on any atom is 0.142 e. The van der Waals surface area contributed by atoms with E-state index < -0.39 is 0 Å². The van der Waals surface area contributed by atoms with Crippen molar-refractivity contribution in [2.45, 2.75) is 82.7 Å². The van der Waals surface area contributed by atoms with Gasteiger partial charge in [0.1, 0.15) is 17.8 Å². The molecule has 0 aliphatic heterocycles. The molecule has 7 nitrogen and oxygen atoms in total. The van der Waals surface area contributed by atoms with Crippen LogP contribution in [0.3, 0.4) is 0 Å². The number of rotatable bonds is 7. The number of anilines is 1. The molecule has 7 heteroatoms. The van der Waals surface area contributed by atoms with Gasteiger partial charge in [0.25, 0.3) is 0 Å². The fourth-order valence-electron chi connectivity index (χ4n) is 4.80. The van der Waals surface area contributed by atoms with Crippen LogP contribution in [0.1, 0.15) is 70.6 Å². The van der Waals surface area contributed by atoms with Crippen LogP contribution in [0.5, 0.6) is 0 Å². The summed E-state index contributed by atoms with van der Waals surface area (Å²) in [7, 11) is 0. The highest BCUT2D eigenvalue weighted by Gasteiger charge is 2.23. The number of nitrogens with one attached hydrogen (secondary N) is 2. The summed E-state index contributed by atoms with van der Waals surface area (Å²) in [5, 5.41) is 22.3. The molecule has 2 heterocycles. The Bertz CT molecular complexity index is 708. The van der Waals surface area contributed by atoms with Crippen LogP contribution in [-0.2, 0) is 0 Å². The predicted octanol–water partition coefficient (Wildman–Crippen LogP) is 3.38. The molecule has 2 aromatic heterocycles. The van der Waals surface area contributed by atoms with E-state index in [4.69, 9.17) is 5.11 Å². The van der Waals surface area contributed by atoms with Crippen molar-refractivity contribution in [1.82, 2.24) is 20.3 Å². The Morgan fingerprint density at radius 3 is 2.33 bits per heavy atom. The van der Waals surface area contributed by atoms with Gasteiger partial charge >= 0.3 is 0 Å². The lowest BCUT2D eigenvalue weighted by molar-refractivity contribution is 0.271. The summed E-state index contributed by atoms with van der Waals surface area (Å²) in [6.45, 7) is 1.84. The largest absolute Gasteiger partial charge is 0.395 e. The fourth-order valence-corrected chi connectivity index (χ4v) is 4.80. The molecule has 0 radical (unpaired) electrons. The Labute approximate surface area is 180 Å². The summed E-state index contributed by atoms with van der Waals surface area (Å²) >= 11 is 0. The lowest BCUT2D eigenvalue weighted by Gasteiger charge is -2.32. The second kappa shape index (κ2) is 12.9. The molecule has 0 amide bonds. The number of fused-ring (bicyclic) bond motifs is 1. The van der Waals surface area contributed by atoms with Crippen molar-refractivity contribution in [2.75, 3.05) is 31.2 Å². The highest BCUT2D eigenvalue weighted by atomic mass is 16.3. The lowest BCUT2D eigenvalue weighted by atomic mass is 9.96. The Balaban J connectivity index is 0.000000216. The van der Waals surface area contributed by atoms with Crippen molar-refractivity contribution in [2.24, 2.45) is 0 Å². The van der Waals surface area contributed by atoms with E-state index in [1.54, 1.807) is 6.33 Å². The maximum absolute atomic E-state index is 9.43. The van der Waals surface area contributed by atoms with Crippen molar-refractivity contribution in [3.8, 4) is 0 Å². The van der Waals surface area contributed by atoms with Crippen LogP contribution in [-0.4, -0.2) is 63.6 Å². The minimum absolute atomic E-state index is 0.159. The van der Waals surface area contributed by atoms with Crippen LogP contribution >= 0.6 is 0 Å². The monoisotopic (exact) mass is 417 g/mol. The number of aromatic nitrogens is 3. The van der Waals surface area contributed by atoms with Crippen LogP contribution in [0.4, 0.5) is 5.82 Å². The molecule has 168 valence electrons. The van der Waals surface area contributed by atoms with E-state index in [2.05, 4.69) is 25.2 Å². The average molecular weight is 418 g/mol. The number of aromatic amines is 1. The van der Waals surface area contributed by atoms with E-state index in [-0.39, 0.29) is 13.2 Å². The van der Waals surface area contributed by atoms with Gasteiger partial charge in [0.05, 0.1) is 18.6 Å². The van der Waals surface area contributed by atoms with E-state index in [0.717, 1.165) is 23.4 Å². The molecule has 0 atom stereocenters. The number of aliphatic hydroxyl groups excluding tert-OH is 2. The Hall–Kier alpha value is -1.70. The molecule has 4 rings (SSSR count). The second-order valence-corrected chi connectivity index (χ2v) is 8.51. The molecular formula is C23H39N5O2. The molecule has 0 aromatic carbocycles. The smallest absolute Gasteiger partial charge is 0.142 e. The van der Waals surface area contributed by atoms with Gasteiger partial charge in [-0.25, -0.2) is 9.97 Å². The maximum atomic E-state index is 9.43. The van der Waals surface area contributed by atoms with Crippen LogP contribution in [0.2, 0.25) is 0 Å². The first-order valence-electron chi connectivity index (χ1n) is 11.8. The van der Waals surface area contributed by atoms with Crippen molar-refractivity contribution in [1.29, 1.82) is 0 Å². The van der Waals surface area contributed by atoms with Crippen LogP contribution < -0.4 is 10.2 Å². The summed E-state index contributed by atoms with van der Waals surface area (Å²) in [5.74, 6) is 0.956. The van der Waals surface area contributed by atoms with Crippen molar-refractivity contribution in [3.05, 3.63) is 18.6 Å². The van der Waals surface area contributed by atoms with E-state index in [1.165, 1.54) is 70.6 Å². The Kier molecular flexibility index (Phi) is 9.86. The molecular weight excluding hydrogens is 378 g/mol. The standard InChI is InChI=1S/C15H22N4O.C8H17NO/c20-10-9-19(12-5-3-1-2-4-6-12)15-13-7-8-16-14(13)17-11-18-15;10-7-6-9-8-4-2-1-3-5-8/h7-8,11-12,20H,1-6,9-10H2,(H,16,17,18);8-10H,1-7H2. The van der Waals surface area contributed by atoms with Gasteiger partial charge in [-0.3, -0.25) is 0 Å². The molecule has 2 fully saturated rings. The minimum atomic E-state index is 0.159. The van der Waals surface area contributed by atoms with E-state index in [0.29, 0.717) is 18.6 Å². The SMILES string of the molecule is OCCN(c1ncnc2[nH]ccc12)C1CCCCCC1.OCCNC1CCCCC1. The fraction of sp³-hybridized carbons (Fsp3) is 0.739. The average Bonchev–Trinajstić information content (AvgIpc) is 3.12. The van der Waals surface area contributed by atoms with Gasteiger partial charge < -0.3 is 25.4 Å². The van der Waals surface area contributed by atoms with E-state index >= 15 is 0 Å². The van der Waals surface area contributed by atoms with Gasteiger partial charge in [0, 0.05) is 31.4 Å². The van der Waals surface area contributed by atoms with Crippen molar-refractivity contribution < 1.29 is 10.2 Å². The van der Waals surface area contributed by atoms with Gasteiger partial charge in [-0.1, -0.05) is 44.9 Å². The third-order valence-corrected chi connectivity index (χ3v) is 6.36. The number of hydrogen-bond acceptors (Lipinski definition) is 6. The van der Waals surface area contributed by atoms with Gasteiger partial charge in [-0.15, -0.1) is 0 Å². The molecule has 30 heavy (non-hydrogen) atoms. The quantitative estimate of drug-likeness (QED) is 0.516. The predicted molar refractivity (Wildman–Crippen MR) is 122 cm³/mol. The molecule has 0 saturated heterocycles. The number of H-pyrrole nitrogens is 1. The van der Waals surface area contributed by atoms with E-state index in [1.807, 2.05) is 12.3 Å². The Morgan fingerprint density at radius 1 is 0.933 bits per heavy atom. The topological polar surface area (TPSA) is 97.3 Å². The highest BCUT2D eigenvalue weighted by Crippen LogP contribution is 2.29. The van der Waals surface area contributed by atoms with Crippen molar-refractivity contribution in [3.63, 3.8) is 0 Å². The third-order valence-electron chi connectivity index (χ3n) is 6.36. The molecule has 4 N–H and O–H groups in total. The molecule has 2 aliphatic carbocycles. The van der Waals surface area contributed by atoms with Crippen molar-refractivity contribution >= 4 is 16.9 Å². The highest BCUT2D eigenvalue weighted by molar-refractivity contribution is 5.87. The summed E-state index contributed by atoms with van der Waals surface area (Å²) < 4.78 is 0. The summed E-state index contributed by atoms with van der Waals surface area (Å²) in [5.41, 5.74) is 0.867. The van der Waals surface area contributed by atoms with Gasteiger partial charge in [-0.05, 0) is 31.7 Å². The van der Waals surface area contributed by atoms with Crippen LogP contribution in [0.15, 0.2) is 18.6 Å². The van der Waals surface area contributed by atoms with Crippen LogP contribution in [0.25, 0.3) is 11.0 Å². The first-order valence-corrected chi connectivity index (χ1v) is 11.8. The summed E-state index contributed by atoms with van der Waals surface area (Å²) in [6.07, 6.45) is 17.8. The van der Waals surface area contributed by atoms with Crippen LogP contribution in [0, 0.1) is 0 Å². The number of hydrogen-bond donors (Lipinski definition) is 4. The van der Waals surface area contributed by atoms with E-state index in [9.17, 15) is 5.11 Å². The zero-order valence-electron chi connectivity index (χ0n) is 18.2. The first kappa shape index (κ1) is 23.0. The van der Waals surface area contributed by atoms with Gasteiger partial charge in [0.2, 0.25) is 0 Å². The zero-order valence-corrected chi connectivity index (χ0v) is 18.2. The second-order valence-electron chi connectivity index (χ2n) is 8.51. The van der Waals surface area contributed by atoms with Gasteiger partial charge in [0.15, 0.2) is 0 Å². The molecule has 2 aromatic rings. The lowest BCUT2D eigenvalue weighted by Crippen LogP contribution is -2.38. The normalized spacial score (nSPS) is 18.6.